The minimum atomic E-state index is -0.777. The number of benzene rings is 3. The van der Waals surface area contributed by atoms with Gasteiger partial charge in [0.2, 0.25) is 0 Å². The van der Waals surface area contributed by atoms with E-state index in [0.29, 0.717) is 50.2 Å². The number of ether oxygens (including phenoxy) is 5. The molecule has 10 heteroatoms. The summed E-state index contributed by atoms with van der Waals surface area (Å²) in [6, 6.07) is 19.9. The number of rotatable bonds is 10. The van der Waals surface area contributed by atoms with E-state index in [9.17, 15) is 9.59 Å². The van der Waals surface area contributed by atoms with Crippen molar-refractivity contribution in [3.8, 4) is 23.0 Å². The van der Waals surface area contributed by atoms with Crippen LogP contribution < -0.4 is 33.8 Å². The Bertz CT molecular complexity index is 1860. The Kier molecular flexibility index (Phi) is 8.96. The van der Waals surface area contributed by atoms with Gasteiger partial charge in [-0.1, -0.05) is 53.8 Å². The van der Waals surface area contributed by atoms with E-state index in [1.54, 1.807) is 52.3 Å². The molecule has 0 radical (unpaired) electrons. The number of aromatic nitrogens is 1. The zero-order chi connectivity index (χ0) is 30.5. The topological polar surface area (TPSA) is 97.6 Å². The van der Waals surface area contributed by atoms with E-state index in [1.807, 2.05) is 48.5 Å². The number of hydrogen-bond donors (Lipinski definition) is 0. The third kappa shape index (κ3) is 6.05. The number of thiazole rings is 1. The lowest BCUT2D eigenvalue weighted by Crippen LogP contribution is -2.39. The van der Waals surface area contributed by atoms with Crippen molar-refractivity contribution in [2.24, 2.45) is 4.99 Å². The highest BCUT2D eigenvalue weighted by molar-refractivity contribution is 7.07. The smallest absolute Gasteiger partial charge is 0.338 e. The maximum absolute atomic E-state index is 14.0. The second kappa shape index (κ2) is 13.0. The van der Waals surface area contributed by atoms with Crippen LogP contribution in [-0.2, 0) is 16.1 Å². The molecule has 3 aromatic carbocycles. The molecule has 1 aliphatic heterocycles. The van der Waals surface area contributed by atoms with Gasteiger partial charge in [0.1, 0.15) is 6.61 Å². The maximum atomic E-state index is 14.0. The van der Waals surface area contributed by atoms with Crippen LogP contribution in [0.15, 0.2) is 87.8 Å². The van der Waals surface area contributed by atoms with Crippen LogP contribution in [0.25, 0.3) is 6.08 Å². The molecule has 9 nitrogen and oxygen atoms in total. The van der Waals surface area contributed by atoms with Crippen molar-refractivity contribution >= 4 is 23.4 Å². The lowest BCUT2D eigenvalue weighted by Gasteiger charge is -2.25. The summed E-state index contributed by atoms with van der Waals surface area (Å²) < 4.78 is 29.9. The Morgan fingerprint density at radius 3 is 2.33 bits per heavy atom. The normalized spacial score (nSPS) is 14.5. The van der Waals surface area contributed by atoms with Gasteiger partial charge in [0.05, 0.1) is 49.8 Å². The van der Waals surface area contributed by atoms with Crippen molar-refractivity contribution in [3.63, 3.8) is 0 Å². The Morgan fingerprint density at radius 2 is 1.63 bits per heavy atom. The van der Waals surface area contributed by atoms with Crippen LogP contribution >= 0.6 is 11.3 Å². The van der Waals surface area contributed by atoms with Gasteiger partial charge in [-0.2, -0.15) is 0 Å². The molecule has 1 aliphatic rings. The second-order valence-corrected chi connectivity index (χ2v) is 10.6. The molecule has 1 unspecified atom stereocenters. The van der Waals surface area contributed by atoms with Crippen LogP contribution in [0.4, 0.5) is 0 Å². The lowest BCUT2D eigenvalue weighted by molar-refractivity contribution is -0.139. The number of allylic oxidation sites excluding steroid dienone is 1. The summed E-state index contributed by atoms with van der Waals surface area (Å²) in [6.45, 7) is 4.07. The molecule has 0 fully saturated rings. The molecular weight excluding hydrogens is 568 g/mol. The molecule has 4 aromatic rings. The van der Waals surface area contributed by atoms with Crippen molar-refractivity contribution in [1.82, 2.24) is 4.57 Å². The Hall–Kier alpha value is -4.83. The maximum Gasteiger partial charge on any atom is 0.338 e. The molecule has 5 rings (SSSR count). The van der Waals surface area contributed by atoms with Crippen molar-refractivity contribution in [2.45, 2.75) is 26.5 Å². The minimum absolute atomic E-state index is 0.186. The summed E-state index contributed by atoms with van der Waals surface area (Å²) in [7, 11) is 4.66. The molecule has 0 saturated carbocycles. The first-order valence-corrected chi connectivity index (χ1v) is 14.5. The number of carbonyl (C=O) groups excluding carboxylic acids is 1. The van der Waals surface area contributed by atoms with Crippen molar-refractivity contribution in [1.29, 1.82) is 0 Å². The van der Waals surface area contributed by atoms with Crippen LogP contribution in [0.1, 0.15) is 36.6 Å². The summed E-state index contributed by atoms with van der Waals surface area (Å²) in [5, 5.41) is 0. The molecule has 0 bridgehead atoms. The Labute approximate surface area is 252 Å². The van der Waals surface area contributed by atoms with Gasteiger partial charge in [-0.05, 0) is 60.9 Å². The summed E-state index contributed by atoms with van der Waals surface area (Å²) >= 11 is 1.24. The van der Waals surface area contributed by atoms with Crippen LogP contribution in [0.5, 0.6) is 23.0 Å². The zero-order valence-electron chi connectivity index (χ0n) is 24.6. The monoisotopic (exact) mass is 600 g/mol. The number of fused-ring (bicyclic) bond motifs is 1. The fourth-order valence-corrected chi connectivity index (χ4v) is 5.96. The van der Waals surface area contributed by atoms with E-state index in [0.717, 1.165) is 11.1 Å². The van der Waals surface area contributed by atoms with E-state index in [-0.39, 0.29) is 17.7 Å². The highest BCUT2D eigenvalue weighted by Gasteiger charge is 2.34. The largest absolute Gasteiger partial charge is 0.493 e. The molecule has 222 valence electrons. The van der Waals surface area contributed by atoms with Crippen LogP contribution in [0.2, 0.25) is 0 Å². The fraction of sp³-hybridized carbons (Fsp3) is 0.242. The SMILES string of the molecule is CCOC(=O)C1=C(C)N=c2s/c(=C\c3ccc(OCc4ccccc4)c(OC)c3)c(=O)n2C1c1ccc(OC)c(OC)c1. The molecule has 1 aromatic heterocycles. The first-order valence-electron chi connectivity index (χ1n) is 13.6. The first kappa shape index (κ1) is 29.7. The number of esters is 1. The van der Waals surface area contributed by atoms with E-state index in [1.165, 1.54) is 23.0 Å². The fourth-order valence-electron chi connectivity index (χ4n) is 4.91. The quantitative estimate of drug-likeness (QED) is 0.249. The second-order valence-electron chi connectivity index (χ2n) is 9.60. The zero-order valence-corrected chi connectivity index (χ0v) is 25.4. The predicted molar refractivity (Wildman–Crippen MR) is 164 cm³/mol. The third-order valence-electron chi connectivity index (χ3n) is 6.96. The molecule has 1 atom stereocenters. The van der Waals surface area contributed by atoms with Gasteiger partial charge >= 0.3 is 5.97 Å². The predicted octanol–water partition coefficient (Wildman–Crippen LogP) is 4.40. The first-order chi connectivity index (χ1) is 20.9. The number of carbonyl (C=O) groups is 1. The van der Waals surface area contributed by atoms with Gasteiger partial charge in [0.15, 0.2) is 27.8 Å². The van der Waals surface area contributed by atoms with Gasteiger partial charge in [0.25, 0.3) is 5.56 Å². The Morgan fingerprint density at radius 1 is 0.930 bits per heavy atom. The average molecular weight is 601 g/mol. The van der Waals surface area contributed by atoms with Crippen LogP contribution in [-0.4, -0.2) is 38.5 Å². The van der Waals surface area contributed by atoms with Gasteiger partial charge in [-0.25, -0.2) is 9.79 Å². The molecule has 0 spiro atoms. The summed E-state index contributed by atoms with van der Waals surface area (Å²) in [5.41, 5.74) is 2.92. The molecule has 0 N–H and O–H groups in total. The van der Waals surface area contributed by atoms with Crippen LogP contribution in [0.3, 0.4) is 0 Å². The molecule has 43 heavy (non-hydrogen) atoms. The van der Waals surface area contributed by atoms with Gasteiger partial charge in [-0.15, -0.1) is 0 Å². The Balaban J connectivity index is 1.58. The summed E-state index contributed by atoms with van der Waals surface area (Å²) in [4.78, 5) is 32.3. The van der Waals surface area contributed by atoms with Gasteiger partial charge in [-0.3, -0.25) is 9.36 Å². The lowest BCUT2D eigenvalue weighted by atomic mass is 9.95. The van der Waals surface area contributed by atoms with Gasteiger partial charge in [0, 0.05) is 0 Å². The minimum Gasteiger partial charge on any atom is -0.493 e. The van der Waals surface area contributed by atoms with Crippen LogP contribution in [0, 0.1) is 0 Å². The standard InChI is InChI=1S/C33H32N2O7S/c1-6-41-32(37)29-20(2)34-33-35(30(29)23-13-15-24(38-3)27(18-23)40-5)31(36)28(43-33)17-22-12-14-25(26(16-22)39-4)42-19-21-10-8-7-9-11-21/h7-18,30H,6,19H2,1-5H3/b28-17-. The van der Waals surface area contributed by atoms with E-state index in [2.05, 4.69) is 4.99 Å². The highest BCUT2D eigenvalue weighted by atomic mass is 32.1. The van der Waals surface area contributed by atoms with E-state index >= 15 is 0 Å². The van der Waals surface area contributed by atoms with E-state index < -0.39 is 12.0 Å². The summed E-state index contributed by atoms with van der Waals surface area (Å²) in [5.74, 6) is 1.60. The average Bonchev–Trinajstić information content (AvgIpc) is 3.33. The summed E-state index contributed by atoms with van der Waals surface area (Å²) in [6.07, 6.45) is 1.78. The molecule has 0 amide bonds. The highest BCUT2D eigenvalue weighted by Crippen LogP contribution is 2.36. The number of hydrogen-bond acceptors (Lipinski definition) is 9. The van der Waals surface area contributed by atoms with E-state index in [4.69, 9.17) is 23.7 Å². The number of nitrogens with zero attached hydrogens (tertiary/aromatic N) is 2. The van der Waals surface area contributed by atoms with Crippen molar-refractivity contribution < 1.29 is 28.5 Å². The van der Waals surface area contributed by atoms with Crippen molar-refractivity contribution in [2.75, 3.05) is 27.9 Å². The van der Waals surface area contributed by atoms with Gasteiger partial charge < -0.3 is 23.7 Å². The third-order valence-corrected chi connectivity index (χ3v) is 7.95. The number of methoxy groups -OCH3 is 3. The molecular formula is C33H32N2O7S. The van der Waals surface area contributed by atoms with Crippen molar-refractivity contribution in [3.05, 3.63) is 114 Å². The molecule has 0 aliphatic carbocycles. The molecule has 2 heterocycles. The molecule has 0 saturated heterocycles.